The van der Waals surface area contributed by atoms with Crippen molar-refractivity contribution < 1.29 is 24.4 Å². The third kappa shape index (κ3) is 4.03. The Morgan fingerprint density at radius 2 is 2.00 bits per heavy atom. The molecular weight excluding hydrogens is 256 g/mol. The first-order valence-corrected chi connectivity index (χ1v) is 5.24. The van der Waals surface area contributed by atoms with Gasteiger partial charge in [-0.3, -0.25) is 14.9 Å². The fourth-order valence-corrected chi connectivity index (χ4v) is 1.25. The maximum Gasteiger partial charge on any atom is 0.336 e. The number of amides is 1. The van der Waals surface area contributed by atoms with E-state index < -0.39 is 22.9 Å². The zero-order valence-corrected chi connectivity index (χ0v) is 10.0. The molecule has 1 aromatic carbocycles. The summed E-state index contributed by atoms with van der Waals surface area (Å²) in [5.74, 6) is -1.41. The van der Waals surface area contributed by atoms with Crippen LogP contribution in [0.5, 0.6) is 0 Å². The lowest BCUT2D eigenvalue weighted by Gasteiger charge is -2.09. The molecule has 19 heavy (non-hydrogen) atoms. The van der Waals surface area contributed by atoms with Crippen LogP contribution in [0.4, 0.5) is 5.69 Å². The fourth-order valence-electron chi connectivity index (χ4n) is 1.25. The summed E-state index contributed by atoms with van der Waals surface area (Å²) in [6.07, 6.45) is -1.45. The Kier molecular flexibility index (Phi) is 4.95. The van der Waals surface area contributed by atoms with Gasteiger partial charge in [-0.05, 0) is 12.1 Å². The van der Waals surface area contributed by atoms with Crippen LogP contribution in [-0.2, 0) is 9.53 Å². The number of hydrogen-bond acceptors (Lipinski definition) is 6. The number of rotatable bonds is 5. The van der Waals surface area contributed by atoms with E-state index in [-0.39, 0.29) is 17.8 Å². The largest absolute Gasteiger partial charge is 0.467 e. The third-order valence-corrected chi connectivity index (χ3v) is 2.27. The topological polar surface area (TPSA) is 119 Å². The zero-order valence-electron chi connectivity index (χ0n) is 10.0. The van der Waals surface area contributed by atoms with Crippen LogP contribution >= 0.6 is 0 Å². The number of carbonyl (C=O) groups excluding carboxylic acids is 2. The number of carbonyl (C=O) groups is 2. The quantitative estimate of drug-likeness (QED) is 0.436. The molecule has 1 unspecified atom stereocenters. The molecule has 0 bridgehead atoms. The lowest BCUT2D eigenvalue weighted by Crippen LogP contribution is -2.37. The second-order valence-electron chi connectivity index (χ2n) is 3.55. The molecule has 1 rings (SSSR count). The van der Waals surface area contributed by atoms with E-state index in [4.69, 9.17) is 0 Å². The van der Waals surface area contributed by atoms with E-state index in [1.165, 1.54) is 24.3 Å². The van der Waals surface area contributed by atoms with Gasteiger partial charge in [0.25, 0.3) is 11.6 Å². The van der Waals surface area contributed by atoms with Crippen LogP contribution in [0.25, 0.3) is 0 Å². The molecule has 8 nitrogen and oxygen atoms in total. The second kappa shape index (κ2) is 6.45. The molecule has 102 valence electrons. The molecule has 0 aliphatic carbocycles. The average Bonchev–Trinajstić information content (AvgIpc) is 2.43. The summed E-state index contributed by atoms with van der Waals surface area (Å²) < 4.78 is 4.28. The van der Waals surface area contributed by atoms with Gasteiger partial charge in [0, 0.05) is 17.7 Å². The fraction of sp³-hybridized carbons (Fsp3) is 0.273. The number of hydrogen-bond donors (Lipinski definition) is 2. The second-order valence-corrected chi connectivity index (χ2v) is 3.55. The Morgan fingerprint density at radius 1 is 1.42 bits per heavy atom. The predicted molar refractivity (Wildman–Crippen MR) is 63.5 cm³/mol. The first kappa shape index (κ1) is 14.6. The molecule has 0 saturated carbocycles. The van der Waals surface area contributed by atoms with Crippen molar-refractivity contribution in [2.75, 3.05) is 13.7 Å². The van der Waals surface area contributed by atoms with E-state index in [1.54, 1.807) is 0 Å². The van der Waals surface area contributed by atoms with Gasteiger partial charge in [0.2, 0.25) is 0 Å². The number of nitrogens with zero attached hydrogens (tertiary/aromatic N) is 1. The minimum atomic E-state index is -1.45. The average molecular weight is 268 g/mol. The Morgan fingerprint density at radius 3 is 2.47 bits per heavy atom. The van der Waals surface area contributed by atoms with Crippen LogP contribution in [0, 0.1) is 10.1 Å². The number of nitrogens with one attached hydrogen (secondary N) is 1. The molecular formula is C11H12N2O6. The van der Waals surface area contributed by atoms with Gasteiger partial charge in [0.1, 0.15) is 0 Å². The zero-order chi connectivity index (χ0) is 14.4. The minimum Gasteiger partial charge on any atom is -0.467 e. The van der Waals surface area contributed by atoms with Crippen molar-refractivity contribution in [2.45, 2.75) is 6.10 Å². The number of nitro benzene ring substituents is 1. The normalized spacial score (nSPS) is 11.5. The number of benzene rings is 1. The highest BCUT2D eigenvalue weighted by atomic mass is 16.6. The number of esters is 1. The van der Waals surface area contributed by atoms with E-state index >= 15 is 0 Å². The Balaban J connectivity index is 2.59. The molecule has 1 aromatic rings. The first-order valence-electron chi connectivity index (χ1n) is 5.24. The summed E-state index contributed by atoms with van der Waals surface area (Å²) in [5, 5.41) is 22.0. The Hall–Kier alpha value is -2.48. The van der Waals surface area contributed by atoms with Crippen LogP contribution in [0.2, 0.25) is 0 Å². The van der Waals surface area contributed by atoms with Crippen LogP contribution in [0.15, 0.2) is 24.3 Å². The van der Waals surface area contributed by atoms with Crippen molar-refractivity contribution in [3.8, 4) is 0 Å². The van der Waals surface area contributed by atoms with E-state index in [1.807, 2.05) is 0 Å². The van der Waals surface area contributed by atoms with Crippen molar-refractivity contribution in [1.29, 1.82) is 0 Å². The van der Waals surface area contributed by atoms with Gasteiger partial charge in [0.05, 0.1) is 18.6 Å². The van der Waals surface area contributed by atoms with Crippen LogP contribution in [-0.4, -0.2) is 41.7 Å². The monoisotopic (exact) mass is 268 g/mol. The SMILES string of the molecule is COC(=O)C(O)CNC(=O)c1ccc([N+](=O)[O-])cc1. The van der Waals surface area contributed by atoms with Gasteiger partial charge >= 0.3 is 5.97 Å². The molecule has 0 spiro atoms. The highest BCUT2D eigenvalue weighted by Gasteiger charge is 2.17. The van der Waals surface area contributed by atoms with Crippen LogP contribution in [0.3, 0.4) is 0 Å². The molecule has 1 amide bonds. The van der Waals surface area contributed by atoms with Crippen LogP contribution < -0.4 is 5.32 Å². The number of methoxy groups -OCH3 is 1. The lowest BCUT2D eigenvalue weighted by molar-refractivity contribution is -0.384. The summed E-state index contributed by atoms with van der Waals surface area (Å²) >= 11 is 0. The molecule has 0 aromatic heterocycles. The third-order valence-electron chi connectivity index (χ3n) is 2.27. The summed E-state index contributed by atoms with van der Waals surface area (Å²) in [6, 6.07) is 4.92. The van der Waals surface area contributed by atoms with Crippen molar-refractivity contribution in [2.24, 2.45) is 0 Å². The maximum atomic E-state index is 11.6. The molecule has 0 heterocycles. The minimum absolute atomic E-state index is 0.133. The van der Waals surface area contributed by atoms with E-state index in [2.05, 4.69) is 10.1 Å². The molecule has 8 heteroatoms. The Labute approximate surface area is 108 Å². The molecule has 0 fully saturated rings. The van der Waals surface area contributed by atoms with Crippen molar-refractivity contribution in [3.05, 3.63) is 39.9 Å². The molecule has 0 radical (unpaired) electrons. The number of ether oxygens (including phenoxy) is 1. The first-order chi connectivity index (χ1) is 8.95. The van der Waals surface area contributed by atoms with Gasteiger partial charge in [0.15, 0.2) is 6.10 Å². The van der Waals surface area contributed by atoms with Gasteiger partial charge in [-0.25, -0.2) is 4.79 Å². The Bertz CT molecular complexity index is 484. The smallest absolute Gasteiger partial charge is 0.336 e. The molecule has 2 N–H and O–H groups in total. The number of nitro groups is 1. The van der Waals surface area contributed by atoms with Gasteiger partial charge in [-0.2, -0.15) is 0 Å². The maximum absolute atomic E-state index is 11.6. The van der Waals surface area contributed by atoms with Gasteiger partial charge < -0.3 is 15.2 Å². The summed E-state index contributed by atoms with van der Waals surface area (Å²) in [5.41, 5.74) is 0.0498. The lowest BCUT2D eigenvalue weighted by atomic mass is 10.2. The highest BCUT2D eigenvalue weighted by molar-refractivity contribution is 5.94. The predicted octanol–water partition coefficient (Wildman–Crippen LogP) is -0.142. The summed E-state index contributed by atoms with van der Waals surface area (Å²) in [7, 11) is 1.11. The highest BCUT2D eigenvalue weighted by Crippen LogP contribution is 2.11. The van der Waals surface area contributed by atoms with Gasteiger partial charge in [-0.15, -0.1) is 0 Å². The number of non-ortho nitro benzene ring substituents is 1. The molecule has 0 aliphatic heterocycles. The molecule has 1 atom stereocenters. The standard InChI is InChI=1S/C11H12N2O6/c1-19-11(16)9(14)6-12-10(15)7-2-4-8(5-3-7)13(17)18/h2-5,9,14H,6H2,1H3,(H,12,15). The van der Waals surface area contributed by atoms with E-state index in [0.717, 1.165) is 7.11 Å². The van der Waals surface area contributed by atoms with E-state index in [9.17, 15) is 24.8 Å². The van der Waals surface area contributed by atoms with Gasteiger partial charge in [-0.1, -0.05) is 0 Å². The molecule has 0 aliphatic rings. The summed E-state index contributed by atoms with van der Waals surface area (Å²) in [6.45, 7) is -0.303. The van der Waals surface area contributed by atoms with Crippen molar-refractivity contribution in [1.82, 2.24) is 5.32 Å². The van der Waals surface area contributed by atoms with E-state index in [0.29, 0.717) is 0 Å². The van der Waals surface area contributed by atoms with Crippen molar-refractivity contribution in [3.63, 3.8) is 0 Å². The summed E-state index contributed by atoms with van der Waals surface area (Å²) in [4.78, 5) is 32.3. The van der Waals surface area contributed by atoms with Crippen molar-refractivity contribution >= 4 is 17.6 Å². The van der Waals surface area contributed by atoms with Crippen LogP contribution in [0.1, 0.15) is 10.4 Å². The molecule has 0 saturated heterocycles. The number of aliphatic hydroxyl groups excluding tert-OH is 1. The number of aliphatic hydroxyl groups is 1.